The van der Waals surface area contributed by atoms with Gasteiger partial charge in [0.15, 0.2) is 11.5 Å². The number of hydrogen-bond donors (Lipinski definition) is 1. The molecule has 2 aromatic rings. The van der Waals surface area contributed by atoms with E-state index in [4.69, 9.17) is 9.47 Å². The second-order valence-electron chi connectivity index (χ2n) is 5.69. The molecule has 4 rings (SSSR count). The van der Waals surface area contributed by atoms with Gasteiger partial charge in [-0.25, -0.2) is 0 Å². The van der Waals surface area contributed by atoms with E-state index < -0.39 is 0 Å². The van der Waals surface area contributed by atoms with E-state index in [1.807, 2.05) is 23.1 Å². The number of thiophene rings is 1. The van der Waals surface area contributed by atoms with Crippen LogP contribution in [0.25, 0.3) is 0 Å². The molecule has 0 saturated carbocycles. The van der Waals surface area contributed by atoms with Crippen molar-refractivity contribution in [2.45, 2.75) is 19.5 Å². The first kappa shape index (κ1) is 14.5. The number of amides is 1. The highest BCUT2D eigenvalue weighted by Crippen LogP contribution is 2.35. The van der Waals surface area contributed by atoms with Gasteiger partial charge in [-0.05, 0) is 29.5 Å². The molecule has 0 atom stereocenters. The number of benzene rings is 1. The summed E-state index contributed by atoms with van der Waals surface area (Å²) >= 11 is 1.79. The number of fused-ring (bicyclic) bond motifs is 2. The third kappa shape index (κ3) is 2.92. The molecular formula is C17H18N2O3S. The molecule has 0 bridgehead atoms. The first-order valence-electron chi connectivity index (χ1n) is 7.72. The lowest BCUT2D eigenvalue weighted by atomic mass is 10.1. The minimum absolute atomic E-state index is 0.145. The number of rotatable bonds is 4. The second kappa shape index (κ2) is 6.22. The predicted molar refractivity (Wildman–Crippen MR) is 87.7 cm³/mol. The maximum Gasteiger partial charge on any atom is 0.236 e. The van der Waals surface area contributed by atoms with E-state index in [1.54, 1.807) is 11.3 Å². The zero-order valence-electron chi connectivity index (χ0n) is 12.7. The molecule has 0 unspecified atom stereocenters. The van der Waals surface area contributed by atoms with Crippen LogP contribution >= 0.6 is 11.3 Å². The fourth-order valence-corrected chi connectivity index (χ4v) is 3.90. The molecule has 0 fully saturated rings. The van der Waals surface area contributed by atoms with E-state index in [9.17, 15) is 4.79 Å². The Kier molecular flexibility index (Phi) is 3.93. The molecule has 6 heteroatoms. The lowest BCUT2D eigenvalue weighted by molar-refractivity contribution is -0.131. The molecule has 2 aliphatic rings. The summed E-state index contributed by atoms with van der Waals surface area (Å²) in [6.45, 7) is 2.74. The van der Waals surface area contributed by atoms with Crippen molar-refractivity contribution in [2.24, 2.45) is 0 Å². The van der Waals surface area contributed by atoms with Crippen molar-refractivity contribution in [2.75, 3.05) is 19.9 Å². The van der Waals surface area contributed by atoms with Crippen LogP contribution < -0.4 is 14.8 Å². The van der Waals surface area contributed by atoms with Gasteiger partial charge in [-0.1, -0.05) is 12.1 Å². The van der Waals surface area contributed by atoms with Gasteiger partial charge in [-0.15, -0.1) is 11.3 Å². The van der Waals surface area contributed by atoms with Gasteiger partial charge >= 0.3 is 0 Å². The topological polar surface area (TPSA) is 50.8 Å². The van der Waals surface area contributed by atoms with E-state index in [1.165, 1.54) is 10.4 Å². The number of nitrogens with zero attached hydrogens (tertiary/aromatic N) is 1. The highest BCUT2D eigenvalue weighted by molar-refractivity contribution is 7.10. The Hall–Kier alpha value is -2.05. The number of para-hydroxylation sites is 1. The third-order valence-corrected chi connectivity index (χ3v) is 5.25. The van der Waals surface area contributed by atoms with Gasteiger partial charge in [0, 0.05) is 30.1 Å². The average Bonchev–Trinajstić information content (AvgIpc) is 3.23. The van der Waals surface area contributed by atoms with Crippen molar-refractivity contribution in [3.63, 3.8) is 0 Å². The molecule has 0 aliphatic carbocycles. The third-order valence-electron chi connectivity index (χ3n) is 4.23. The number of hydrogen-bond acceptors (Lipinski definition) is 5. The Bertz CT molecular complexity index is 728. The fourth-order valence-electron chi connectivity index (χ4n) is 3.01. The molecule has 5 nitrogen and oxygen atoms in total. The maximum absolute atomic E-state index is 12.4. The lowest BCUT2D eigenvalue weighted by Gasteiger charge is -2.27. The van der Waals surface area contributed by atoms with E-state index in [0.29, 0.717) is 13.1 Å². The van der Waals surface area contributed by atoms with Gasteiger partial charge in [0.1, 0.15) is 0 Å². The second-order valence-corrected chi connectivity index (χ2v) is 6.69. The first-order chi connectivity index (χ1) is 11.3. The van der Waals surface area contributed by atoms with E-state index >= 15 is 0 Å². The summed E-state index contributed by atoms with van der Waals surface area (Å²) in [6.07, 6.45) is 0.968. The smallest absolute Gasteiger partial charge is 0.236 e. The number of nitrogens with one attached hydrogen (secondary N) is 1. The van der Waals surface area contributed by atoms with Crippen molar-refractivity contribution in [1.29, 1.82) is 0 Å². The molecule has 1 amide bonds. The molecule has 1 aromatic carbocycles. The van der Waals surface area contributed by atoms with Crippen molar-refractivity contribution < 1.29 is 14.3 Å². The monoisotopic (exact) mass is 330 g/mol. The standard InChI is InChI=1S/C17H18N2O3S/c20-16(19-6-4-15-13(10-19)5-7-23-15)9-18-8-12-2-1-3-14-17(12)22-11-21-14/h1-3,5,7,18H,4,6,8-11H2. The molecule has 0 radical (unpaired) electrons. The van der Waals surface area contributed by atoms with Crippen LogP contribution in [0.15, 0.2) is 29.6 Å². The minimum Gasteiger partial charge on any atom is -0.454 e. The Labute approximate surface area is 138 Å². The van der Waals surface area contributed by atoms with Gasteiger partial charge in [0.25, 0.3) is 0 Å². The largest absolute Gasteiger partial charge is 0.454 e. The molecule has 1 aromatic heterocycles. The normalized spacial score (nSPS) is 15.6. The molecule has 23 heavy (non-hydrogen) atoms. The Morgan fingerprint density at radius 2 is 2.26 bits per heavy atom. The highest BCUT2D eigenvalue weighted by atomic mass is 32.1. The Morgan fingerprint density at radius 1 is 1.30 bits per heavy atom. The highest BCUT2D eigenvalue weighted by Gasteiger charge is 2.21. The number of ether oxygens (including phenoxy) is 2. The van der Waals surface area contributed by atoms with Crippen LogP contribution in [0.5, 0.6) is 11.5 Å². The zero-order chi connectivity index (χ0) is 15.6. The number of carbonyl (C=O) groups is 1. The quantitative estimate of drug-likeness (QED) is 0.933. The summed E-state index contributed by atoms with van der Waals surface area (Å²) < 4.78 is 10.8. The van der Waals surface area contributed by atoms with Crippen molar-refractivity contribution >= 4 is 17.2 Å². The summed E-state index contributed by atoms with van der Waals surface area (Å²) in [6, 6.07) is 7.94. The fraction of sp³-hybridized carbons (Fsp3) is 0.353. The van der Waals surface area contributed by atoms with E-state index in [-0.39, 0.29) is 12.7 Å². The SMILES string of the molecule is O=C(CNCc1cccc2c1OCO2)N1CCc2sccc2C1. The van der Waals surface area contributed by atoms with Crippen molar-refractivity contribution in [3.8, 4) is 11.5 Å². The lowest BCUT2D eigenvalue weighted by Crippen LogP contribution is -2.40. The van der Waals surface area contributed by atoms with Crippen molar-refractivity contribution in [3.05, 3.63) is 45.6 Å². The van der Waals surface area contributed by atoms with Crippen LogP contribution in [-0.4, -0.2) is 30.7 Å². The summed E-state index contributed by atoms with van der Waals surface area (Å²) in [5, 5.41) is 5.33. The van der Waals surface area contributed by atoms with Crippen LogP contribution in [0.4, 0.5) is 0 Å². The molecule has 3 heterocycles. The van der Waals surface area contributed by atoms with Gasteiger partial charge in [0.05, 0.1) is 6.54 Å². The zero-order valence-corrected chi connectivity index (χ0v) is 13.5. The van der Waals surface area contributed by atoms with Gasteiger partial charge in [-0.2, -0.15) is 0 Å². The maximum atomic E-state index is 12.4. The van der Waals surface area contributed by atoms with E-state index in [2.05, 4.69) is 16.8 Å². The number of carbonyl (C=O) groups excluding carboxylic acids is 1. The van der Waals surface area contributed by atoms with Gasteiger partial charge < -0.3 is 19.7 Å². The Morgan fingerprint density at radius 3 is 3.22 bits per heavy atom. The van der Waals surface area contributed by atoms with Crippen molar-refractivity contribution in [1.82, 2.24) is 10.2 Å². The molecule has 0 spiro atoms. The molecule has 0 saturated heterocycles. The molecular weight excluding hydrogens is 312 g/mol. The summed E-state index contributed by atoms with van der Waals surface area (Å²) in [4.78, 5) is 15.7. The van der Waals surface area contributed by atoms with Crippen LogP contribution in [0, 0.1) is 0 Å². The molecule has 120 valence electrons. The predicted octanol–water partition coefficient (Wildman–Crippen LogP) is 2.15. The van der Waals surface area contributed by atoms with Gasteiger partial charge in [0.2, 0.25) is 12.7 Å². The van der Waals surface area contributed by atoms with Crippen LogP contribution in [0.3, 0.4) is 0 Å². The summed E-state index contributed by atoms with van der Waals surface area (Å²) in [5.74, 6) is 1.71. The Balaban J connectivity index is 1.32. The van der Waals surface area contributed by atoms with Crippen LogP contribution in [-0.2, 0) is 24.3 Å². The molecule has 2 aliphatic heterocycles. The van der Waals surface area contributed by atoms with Crippen LogP contribution in [0.1, 0.15) is 16.0 Å². The van der Waals surface area contributed by atoms with Crippen LogP contribution in [0.2, 0.25) is 0 Å². The van der Waals surface area contributed by atoms with Gasteiger partial charge in [-0.3, -0.25) is 4.79 Å². The molecule has 1 N–H and O–H groups in total. The average molecular weight is 330 g/mol. The first-order valence-corrected chi connectivity index (χ1v) is 8.60. The van der Waals surface area contributed by atoms with E-state index in [0.717, 1.165) is 36.6 Å². The summed E-state index contributed by atoms with van der Waals surface area (Å²) in [5.41, 5.74) is 2.31. The summed E-state index contributed by atoms with van der Waals surface area (Å²) in [7, 11) is 0. The minimum atomic E-state index is 0.145.